The fourth-order valence-electron chi connectivity index (χ4n) is 2.02. The fraction of sp³-hybridized carbons (Fsp3) is 0.444. The Labute approximate surface area is 133 Å². The molecule has 0 aromatic heterocycles. The van der Waals surface area contributed by atoms with E-state index in [2.05, 4.69) is 18.7 Å². The first kappa shape index (κ1) is 17.8. The molecular formula is C18H24N2O2. The quantitative estimate of drug-likeness (QED) is 0.438. The number of esters is 1. The van der Waals surface area contributed by atoms with E-state index >= 15 is 0 Å². The van der Waals surface area contributed by atoms with Crippen molar-refractivity contribution in [2.75, 3.05) is 24.6 Å². The molecule has 0 fully saturated rings. The Morgan fingerprint density at radius 1 is 1.36 bits per heavy atom. The Morgan fingerprint density at radius 3 is 2.59 bits per heavy atom. The highest BCUT2D eigenvalue weighted by Gasteiger charge is 2.12. The van der Waals surface area contributed by atoms with Crippen molar-refractivity contribution in [3.63, 3.8) is 0 Å². The van der Waals surface area contributed by atoms with Gasteiger partial charge in [0.15, 0.2) is 0 Å². The molecule has 0 aliphatic carbocycles. The van der Waals surface area contributed by atoms with Crippen LogP contribution in [-0.2, 0) is 9.53 Å². The summed E-state index contributed by atoms with van der Waals surface area (Å²) in [5.41, 5.74) is 1.92. The molecule has 0 heterocycles. The van der Waals surface area contributed by atoms with Gasteiger partial charge >= 0.3 is 5.97 Å². The summed E-state index contributed by atoms with van der Waals surface area (Å²) >= 11 is 0. The predicted octanol–water partition coefficient (Wildman–Crippen LogP) is 3.64. The highest BCUT2D eigenvalue weighted by Crippen LogP contribution is 2.18. The molecule has 0 radical (unpaired) electrons. The second-order valence-corrected chi connectivity index (χ2v) is 5.43. The van der Waals surface area contributed by atoms with Gasteiger partial charge in [0, 0.05) is 18.8 Å². The van der Waals surface area contributed by atoms with Crippen molar-refractivity contribution >= 4 is 17.7 Å². The molecule has 1 rings (SSSR count). The first-order chi connectivity index (χ1) is 10.5. The lowest BCUT2D eigenvalue weighted by Gasteiger charge is -2.21. The van der Waals surface area contributed by atoms with Gasteiger partial charge in [0.2, 0.25) is 0 Å². The van der Waals surface area contributed by atoms with Crippen molar-refractivity contribution in [2.45, 2.75) is 27.7 Å². The molecule has 0 saturated heterocycles. The van der Waals surface area contributed by atoms with Gasteiger partial charge in [0.25, 0.3) is 0 Å². The van der Waals surface area contributed by atoms with Crippen LogP contribution in [0.15, 0.2) is 29.8 Å². The summed E-state index contributed by atoms with van der Waals surface area (Å²) in [6.07, 6.45) is 1.58. The SMILES string of the molecule is CCN(CC)c1cccc(/C=C(\C#N)C(=O)OCC(C)C)c1. The Hall–Kier alpha value is -2.28. The molecule has 4 heteroatoms. The highest BCUT2D eigenvalue weighted by atomic mass is 16.5. The predicted molar refractivity (Wildman–Crippen MR) is 89.4 cm³/mol. The molecule has 22 heavy (non-hydrogen) atoms. The van der Waals surface area contributed by atoms with Gasteiger partial charge in [0.1, 0.15) is 11.6 Å². The van der Waals surface area contributed by atoms with E-state index in [9.17, 15) is 4.79 Å². The summed E-state index contributed by atoms with van der Waals surface area (Å²) in [5.74, 6) is -0.320. The van der Waals surface area contributed by atoms with Crippen LogP contribution in [0.3, 0.4) is 0 Å². The first-order valence-corrected chi connectivity index (χ1v) is 7.65. The Balaban J connectivity index is 2.96. The van der Waals surface area contributed by atoms with Gasteiger partial charge in [-0.05, 0) is 43.5 Å². The van der Waals surface area contributed by atoms with E-state index in [4.69, 9.17) is 10.00 Å². The standard InChI is InChI=1S/C18H24N2O2/c1-5-20(6-2)17-9-7-8-15(11-17)10-16(12-19)18(21)22-13-14(3)4/h7-11,14H,5-6,13H2,1-4H3/b16-10+. The lowest BCUT2D eigenvalue weighted by Crippen LogP contribution is -2.21. The second kappa shape index (κ2) is 8.89. The number of anilines is 1. The van der Waals surface area contributed by atoms with Gasteiger partial charge in [-0.15, -0.1) is 0 Å². The third-order valence-corrected chi connectivity index (χ3v) is 3.20. The minimum absolute atomic E-state index is 0.0253. The smallest absolute Gasteiger partial charge is 0.348 e. The van der Waals surface area contributed by atoms with Crippen LogP contribution in [0.2, 0.25) is 0 Å². The fourth-order valence-corrected chi connectivity index (χ4v) is 2.02. The number of benzene rings is 1. The van der Waals surface area contributed by atoms with Crippen LogP contribution in [0, 0.1) is 17.2 Å². The minimum Gasteiger partial charge on any atom is -0.461 e. The summed E-state index contributed by atoms with van der Waals surface area (Å²) in [5, 5.41) is 9.16. The maximum absolute atomic E-state index is 11.9. The zero-order valence-electron chi connectivity index (χ0n) is 13.8. The molecular weight excluding hydrogens is 276 g/mol. The molecule has 0 spiro atoms. The molecule has 0 aliphatic rings. The molecule has 0 amide bonds. The van der Waals surface area contributed by atoms with Crippen LogP contribution >= 0.6 is 0 Å². The minimum atomic E-state index is -0.565. The van der Waals surface area contributed by atoms with Crippen molar-refractivity contribution in [1.82, 2.24) is 0 Å². The third-order valence-electron chi connectivity index (χ3n) is 3.20. The molecule has 118 valence electrons. The van der Waals surface area contributed by atoms with Gasteiger partial charge in [-0.3, -0.25) is 0 Å². The zero-order valence-corrected chi connectivity index (χ0v) is 13.8. The number of carbonyl (C=O) groups excluding carboxylic acids is 1. The third kappa shape index (κ3) is 5.25. The first-order valence-electron chi connectivity index (χ1n) is 7.65. The van der Waals surface area contributed by atoms with Crippen LogP contribution in [0.4, 0.5) is 5.69 Å². The summed E-state index contributed by atoms with van der Waals surface area (Å²) in [7, 11) is 0. The van der Waals surface area contributed by atoms with Crippen LogP contribution in [0.25, 0.3) is 6.08 Å². The van der Waals surface area contributed by atoms with E-state index in [-0.39, 0.29) is 11.5 Å². The lowest BCUT2D eigenvalue weighted by atomic mass is 10.1. The van der Waals surface area contributed by atoms with Crippen LogP contribution in [-0.4, -0.2) is 25.7 Å². The molecule has 0 bridgehead atoms. The van der Waals surface area contributed by atoms with Gasteiger partial charge < -0.3 is 9.64 Å². The number of ether oxygens (including phenoxy) is 1. The number of nitriles is 1. The zero-order chi connectivity index (χ0) is 16.5. The number of hydrogen-bond donors (Lipinski definition) is 0. The summed E-state index contributed by atoms with van der Waals surface area (Å²) < 4.78 is 5.11. The molecule has 4 nitrogen and oxygen atoms in total. The van der Waals surface area contributed by atoms with Crippen molar-refractivity contribution < 1.29 is 9.53 Å². The van der Waals surface area contributed by atoms with E-state index in [1.807, 2.05) is 44.2 Å². The number of nitrogens with zero attached hydrogens (tertiary/aromatic N) is 2. The Morgan fingerprint density at radius 2 is 2.05 bits per heavy atom. The summed E-state index contributed by atoms with van der Waals surface area (Å²) in [4.78, 5) is 14.1. The van der Waals surface area contributed by atoms with Crippen molar-refractivity contribution in [3.05, 3.63) is 35.4 Å². The lowest BCUT2D eigenvalue weighted by molar-refractivity contribution is -0.139. The normalized spacial score (nSPS) is 11.2. The van der Waals surface area contributed by atoms with Crippen LogP contribution in [0.5, 0.6) is 0 Å². The van der Waals surface area contributed by atoms with E-state index < -0.39 is 5.97 Å². The van der Waals surface area contributed by atoms with Crippen molar-refractivity contribution in [1.29, 1.82) is 5.26 Å². The van der Waals surface area contributed by atoms with E-state index in [1.54, 1.807) is 6.08 Å². The van der Waals surface area contributed by atoms with Crippen LogP contribution in [0.1, 0.15) is 33.3 Å². The topological polar surface area (TPSA) is 53.3 Å². The number of carbonyl (C=O) groups is 1. The monoisotopic (exact) mass is 300 g/mol. The second-order valence-electron chi connectivity index (χ2n) is 5.43. The van der Waals surface area contributed by atoms with Gasteiger partial charge in [-0.1, -0.05) is 26.0 Å². The van der Waals surface area contributed by atoms with E-state index in [1.165, 1.54) is 0 Å². The van der Waals surface area contributed by atoms with Crippen molar-refractivity contribution in [2.24, 2.45) is 5.92 Å². The average molecular weight is 300 g/mol. The maximum Gasteiger partial charge on any atom is 0.348 e. The van der Waals surface area contributed by atoms with E-state index in [0.717, 1.165) is 24.3 Å². The molecule has 1 aromatic carbocycles. The number of rotatable bonds is 7. The highest BCUT2D eigenvalue weighted by molar-refractivity contribution is 5.98. The average Bonchev–Trinajstić information content (AvgIpc) is 2.52. The van der Waals surface area contributed by atoms with Crippen molar-refractivity contribution in [3.8, 4) is 6.07 Å². The Bertz CT molecular complexity index is 567. The molecule has 0 aliphatic heterocycles. The molecule has 0 N–H and O–H groups in total. The summed E-state index contributed by atoms with van der Waals surface area (Å²) in [6.45, 7) is 10.2. The molecule has 0 atom stereocenters. The van der Waals surface area contributed by atoms with Gasteiger partial charge in [0.05, 0.1) is 6.61 Å². The Kier molecular flexibility index (Phi) is 7.18. The number of hydrogen-bond acceptors (Lipinski definition) is 4. The van der Waals surface area contributed by atoms with E-state index in [0.29, 0.717) is 6.61 Å². The van der Waals surface area contributed by atoms with Gasteiger partial charge in [-0.25, -0.2) is 4.79 Å². The largest absolute Gasteiger partial charge is 0.461 e. The molecule has 1 aromatic rings. The van der Waals surface area contributed by atoms with Crippen LogP contribution < -0.4 is 4.90 Å². The van der Waals surface area contributed by atoms with Gasteiger partial charge in [-0.2, -0.15) is 5.26 Å². The molecule has 0 saturated carbocycles. The maximum atomic E-state index is 11.9. The summed E-state index contributed by atoms with van der Waals surface area (Å²) in [6, 6.07) is 9.72. The molecule has 0 unspecified atom stereocenters.